The molecule has 9 rings (SSSR count). The lowest BCUT2D eigenvalue weighted by Crippen LogP contribution is -2.12. The van der Waals surface area contributed by atoms with Gasteiger partial charge in [-0.15, -0.1) is 0 Å². The van der Waals surface area contributed by atoms with Crippen LogP contribution in [0, 0.1) is 6.85 Å². The number of fused-ring (bicyclic) bond motifs is 4. The van der Waals surface area contributed by atoms with E-state index in [-0.39, 0.29) is 16.4 Å². The summed E-state index contributed by atoms with van der Waals surface area (Å²) in [5, 5.41) is 2.03. The molecule has 0 aliphatic carbocycles. The van der Waals surface area contributed by atoms with Crippen LogP contribution >= 0.6 is 0 Å². The van der Waals surface area contributed by atoms with Gasteiger partial charge in [-0.1, -0.05) is 114 Å². The van der Waals surface area contributed by atoms with Crippen molar-refractivity contribution in [1.82, 2.24) is 23.7 Å². The normalized spacial score (nSPS) is 14.9. The first-order valence-electron chi connectivity index (χ1n) is 22.2. The van der Waals surface area contributed by atoms with Crippen molar-refractivity contribution in [3.05, 3.63) is 162 Å². The average molecular weight is 739 g/mol. The van der Waals surface area contributed by atoms with Crippen LogP contribution in [0.5, 0.6) is 11.6 Å². The van der Waals surface area contributed by atoms with Crippen LogP contribution in [0.2, 0.25) is 0 Å². The van der Waals surface area contributed by atoms with Crippen LogP contribution in [0.25, 0.3) is 38.8 Å². The molecule has 0 saturated carbocycles. The number of hydrogen-bond acceptors (Lipinski definition) is 3. The second kappa shape index (κ2) is 13.3. The Balaban J connectivity index is 1.20. The molecule has 0 atom stereocenters. The predicted molar refractivity (Wildman–Crippen MR) is 231 cm³/mol. The van der Waals surface area contributed by atoms with Gasteiger partial charge in [0.1, 0.15) is 11.6 Å². The van der Waals surface area contributed by atoms with Crippen LogP contribution < -0.4 is 13.9 Å². The maximum Gasteiger partial charge on any atom is 0.503 e. The Kier molecular flexibility index (Phi) is 6.62. The minimum atomic E-state index is -2.82. The highest BCUT2D eigenvalue weighted by atomic mass is 16.5. The highest BCUT2D eigenvalue weighted by Gasteiger charge is 2.38. The number of nitrogens with zero attached hydrogens (tertiary/aromatic N) is 5. The first kappa shape index (κ1) is 27.9. The number of benzene rings is 5. The van der Waals surface area contributed by atoms with Gasteiger partial charge in [-0.2, -0.15) is 0 Å². The van der Waals surface area contributed by atoms with E-state index in [9.17, 15) is 0 Å². The van der Waals surface area contributed by atoms with Crippen LogP contribution in [0.1, 0.15) is 67.8 Å². The summed E-state index contributed by atoms with van der Waals surface area (Å²) in [6, 6.07) is 36.9. The number of pyridine rings is 2. The monoisotopic (exact) mass is 738 g/mol. The van der Waals surface area contributed by atoms with Gasteiger partial charge in [0.15, 0.2) is 0 Å². The van der Waals surface area contributed by atoms with Crippen molar-refractivity contribution in [1.29, 1.82) is 0 Å². The summed E-state index contributed by atoms with van der Waals surface area (Å²) in [4.78, 5) is 9.66. The molecular formula is C50H45N5O+2. The maximum absolute atomic E-state index is 8.92. The number of hydrogen-bond donors (Lipinski definition) is 0. The van der Waals surface area contributed by atoms with Crippen molar-refractivity contribution in [2.45, 2.75) is 59.2 Å². The van der Waals surface area contributed by atoms with Crippen LogP contribution in [-0.2, 0) is 10.8 Å². The van der Waals surface area contributed by atoms with E-state index >= 15 is 0 Å². The summed E-state index contributed by atoms with van der Waals surface area (Å²) in [6.07, 6.45) is 3.71. The SMILES string of the molecule is [2H]c1c([2H])c(C([2H])([2H])[2H])c([2H])c([2H])c1-c1ccccc1[N+]1=C=[N+](c2cc(Oc3cc4c(cn3)c3ccccc3n4-c3cc(C(C)(C)C)ccn3)cc(C(C)(C)C)c2)c2ccccc21. The molecule has 6 heteroatoms. The van der Waals surface area contributed by atoms with Gasteiger partial charge < -0.3 is 4.74 Å². The second-order valence-corrected chi connectivity index (χ2v) is 16.1. The third kappa shape index (κ3) is 6.28. The van der Waals surface area contributed by atoms with Crippen molar-refractivity contribution in [2.75, 3.05) is 0 Å². The second-order valence-electron chi connectivity index (χ2n) is 16.1. The predicted octanol–water partition coefficient (Wildman–Crippen LogP) is 12.8. The summed E-state index contributed by atoms with van der Waals surface area (Å²) in [6.45, 7) is 10.2. The zero-order chi connectivity index (χ0) is 44.7. The van der Waals surface area contributed by atoms with Crippen molar-refractivity contribution in [2.24, 2.45) is 0 Å². The molecule has 0 fully saturated rings. The van der Waals surface area contributed by atoms with E-state index in [1.165, 1.54) is 5.56 Å². The van der Waals surface area contributed by atoms with Crippen LogP contribution in [-0.4, -0.2) is 20.5 Å². The van der Waals surface area contributed by atoms with Crippen LogP contribution in [0.15, 0.2) is 146 Å². The van der Waals surface area contributed by atoms with Crippen molar-refractivity contribution < 1.29 is 14.3 Å². The Morgan fingerprint density at radius 3 is 2.11 bits per heavy atom. The van der Waals surface area contributed by atoms with E-state index in [0.717, 1.165) is 50.2 Å². The third-order valence-electron chi connectivity index (χ3n) is 10.2. The van der Waals surface area contributed by atoms with E-state index in [2.05, 4.69) is 82.4 Å². The molecule has 4 heterocycles. The lowest BCUT2D eigenvalue weighted by atomic mass is 9.86. The molecule has 274 valence electrons. The fraction of sp³-hybridized carbons (Fsp3) is 0.180. The van der Waals surface area contributed by atoms with Gasteiger partial charge in [0.25, 0.3) is 11.4 Å². The van der Waals surface area contributed by atoms with E-state index in [1.54, 1.807) is 12.1 Å². The van der Waals surface area contributed by atoms with E-state index in [0.29, 0.717) is 22.9 Å². The first-order valence-corrected chi connectivity index (χ1v) is 18.7. The molecule has 0 unspecified atom stereocenters. The summed E-state index contributed by atoms with van der Waals surface area (Å²) in [5.74, 6) is 1.78. The third-order valence-corrected chi connectivity index (χ3v) is 10.2. The lowest BCUT2D eigenvalue weighted by molar-refractivity contribution is 0.460. The largest absolute Gasteiger partial charge is 0.503 e. The Morgan fingerprint density at radius 1 is 0.661 bits per heavy atom. The van der Waals surface area contributed by atoms with Crippen molar-refractivity contribution >= 4 is 50.6 Å². The van der Waals surface area contributed by atoms with Gasteiger partial charge in [0, 0.05) is 57.6 Å². The zero-order valence-electron chi connectivity index (χ0n) is 39.2. The standard InChI is InChI=1S/C50H45N5O/c1-33-20-22-34(23-21-33)39-14-8-10-16-42(39)54-32-53(44-18-12-13-19-45(44)54)37-26-36(50(5,6)7)27-38(29-37)56-48-30-46-41(31-52-48)40-15-9-11-17-43(40)55(46)47-28-35(24-25-51-47)49(2,3)4/h8-31H,1-7H3/q+2/i1D3,20D,21D,22D,23D. The topological polar surface area (TPSA) is 46.0 Å². The zero-order valence-corrected chi connectivity index (χ0v) is 32.2. The quantitative estimate of drug-likeness (QED) is 0.160. The molecule has 0 radical (unpaired) electrons. The van der Waals surface area contributed by atoms with E-state index in [4.69, 9.17) is 24.3 Å². The fourth-order valence-corrected chi connectivity index (χ4v) is 7.24. The molecule has 5 aromatic carbocycles. The fourth-order valence-electron chi connectivity index (χ4n) is 7.24. The van der Waals surface area contributed by atoms with Gasteiger partial charge >= 0.3 is 6.01 Å². The average Bonchev–Trinajstić information content (AvgIpc) is 3.78. The van der Waals surface area contributed by atoms with E-state index < -0.39 is 36.6 Å². The van der Waals surface area contributed by atoms with Gasteiger partial charge in [0.05, 0.1) is 28.1 Å². The molecule has 0 bridgehead atoms. The number of aromatic nitrogens is 3. The number of ether oxygens (including phenoxy) is 1. The highest BCUT2D eigenvalue weighted by molar-refractivity contribution is 6.09. The minimum Gasteiger partial charge on any atom is -0.439 e. The minimum absolute atomic E-state index is 0.00190. The van der Waals surface area contributed by atoms with Crippen molar-refractivity contribution in [3.8, 4) is 28.6 Å². The van der Waals surface area contributed by atoms with Crippen LogP contribution in [0.4, 0.5) is 22.7 Å². The molecule has 3 aromatic heterocycles. The van der Waals surface area contributed by atoms with Gasteiger partial charge in [-0.3, -0.25) is 4.57 Å². The summed E-state index contributed by atoms with van der Waals surface area (Å²) < 4.78 is 71.5. The smallest absolute Gasteiger partial charge is 0.439 e. The number of para-hydroxylation sites is 4. The Morgan fingerprint density at radius 2 is 1.36 bits per heavy atom. The maximum atomic E-state index is 8.92. The van der Waals surface area contributed by atoms with Gasteiger partial charge in [-0.25, -0.2) is 9.97 Å². The highest BCUT2D eigenvalue weighted by Crippen LogP contribution is 2.42. The molecule has 1 aliphatic heterocycles. The molecule has 8 aromatic rings. The summed E-state index contributed by atoms with van der Waals surface area (Å²) in [7, 11) is 0. The summed E-state index contributed by atoms with van der Waals surface area (Å²) in [5.41, 5.74) is 6.38. The molecule has 0 N–H and O–H groups in total. The lowest BCUT2D eigenvalue weighted by Gasteiger charge is -2.20. The Bertz CT molecular complexity index is 3230. The molecule has 6 nitrogen and oxygen atoms in total. The van der Waals surface area contributed by atoms with Gasteiger partial charge in [-0.05, 0) is 73.9 Å². The van der Waals surface area contributed by atoms with Gasteiger partial charge in [0.2, 0.25) is 17.3 Å². The molecule has 56 heavy (non-hydrogen) atoms. The molecular weight excluding hydrogens is 687 g/mol. The van der Waals surface area contributed by atoms with E-state index in [1.807, 2.05) is 88.3 Å². The molecule has 0 spiro atoms. The Labute approximate surface area is 338 Å². The Hall–Kier alpha value is -6.62. The summed E-state index contributed by atoms with van der Waals surface area (Å²) >= 11 is 0. The molecule has 1 aliphatic rings. The van der Waals surface area contributed by atoms with Crippen molar-refractivity contribution in [3.63, 3.8) is 0 Å². The van der Waals surface area contributed by atoms with Crippen LogP contribution in [0.3, 0.4) is 0 Å². The molecule has 0 amide bonds. The first-order chi connectivity index (χ1) is 29.8. The molecule has 0 saturated heterocycles. The number of rotatable bonds is 6.